The van der Waals surface area contributed by atoms with Crippen LogP contribution >= 0.6 is 0 Å². The molecule has 3 aromatic carbocycles. The fraction of sp³-hybridized carbons (Fsp3) is 0.280. The van der Waals surface area contributed by atoms with Crippen molar-refractivity contribution in [3.8, 4) is 0 Å². The van der Waals surface area contributed by atoms with Gasteiger partial charge in [-0.1, -0.05) is 48.0 Å². The van der Waals surface area contributed by atoms with Gasteiger partial charge in [0.05, 0.1) is 0 Å². The van der Waals surface area contributed by atoms with E-state index in [0.29, 0.717) is 0 Å². The van der Waals surface area contributed by atoms with Crippen LogP contribution in [0.1, 0.15) is 56.0 Å². The Morgan fingerprint density at radius 1 is 0.769 bits per heavy atom. The van der Waals surface area contributed by atoms with Crippen LogP contribution in [0.3, 0.4) is 0 Å². The van der Waals surface area contributed by atoms with Crippen LogP contribution in [0.5, 0.6) is 0 Å². The van der Waals surface area contributed by atoms with E-state index in [0.717, 1.165) is 6.54 Å². The fourth-order valence-corrected chi connectivity index (χ4v) is 4.40. The van der Waals surface area contributed by atoms with E-state index in [9.17, 15) is 0 Å². The lowest BCUT2D eigenvalue weighted by molar-refractivity contribution is 0.933. The number of nitrogens with one attached hydrogen (secondary N) is 1. The number of fused-ring (bicyclic) bond motifs is 2. The molecular formula is C25H27N. The predicted molar refractivity (Wildman–Crippen MR) is 111 cm³/mol. The Bertz CT molecular complexity index is 997. The van der Waals surface area contributed by atoms with Crippen LogP contribution in [0.2, 0.25) is 0 Å². The standard InChI is InChI=1S/C25H27N/c1-15-10-11-23-22(12-15)25(21-9-7-6-8-16(21)2)24-19(5)18(4)17(3)13-20(24)14-26-23/h6-13,25-26H,14H2,1-5H3. The van der Waals surface area contributed by atoms with Crippen LogP contribution in [-0.4, -0.2) is 0 Å². The number of hydrogen-bond donors (Lipinski definition) is 1. The largest absolute Gasteiger partial charge is 0.381 e. The summed E-state index contributed by atoms with van der Waals surface area (Å²) in [4.78, 5) is 0. The van der Waals surface area contributed by atoms with Gasteiger partial charge >= 0.3 is 0 Å². The molecule has 1 heteroatoms. The third-order valence-electron chi connectivity index (χ3n) is 6.07. The van der Waals surface area contributed by atoms with Crippen molar-refractivity contribution in [1.29, 1.82) is 0 Å². The molecule has 0 bridgehead atoms. The first-order valence-corrected chi connectivity index (χ1v) is 9.47. The van der Waals surface area contributed by atoms with E-state index >= 15 is 0 Å². The first kappa shape index (κ1) is 16.9. The lowest BCUT2D eigenvalue weighted by atomic mass is 9.77. The minimum atomic E-state index is 0.274. The van der Waals surface area contributed by atoms with E-state index in [4.69, 9.17) is 0 Å². The quantitative estimate of drug-likeness (QED) is 0.545. The van der Waals surface area contributed by atoms with Gasteiger partial charge in [-0.15, -0.1) is 0 Å². The van der Waals surface area contributed by atoms with Crippen molar-refractivity contribution in [3.63, 3.8) is 0 Å². The third kappa shape index (κ3) is 2.63. The van der Waals surface area contributed by atoms with Gasteiger partial charge in [-0.2, -0.15) is 0 Å². The van der Waals surface area contributed by atoms with E-state index < -0.39 is 0 Å². The molecule has 0 amide bonds. The summed E-state index contributed by atoms with van der Waals surface area (Å²) in [6.45, 7) is 12.1. The van der Waals surface area contributed by atoms with Crippen LogP contribution in [0.4, 0.5) is 5.69 Å². The third-order valence-corrected chi connectivity index (χ3v) is 6.07. The van der Waals surface area contributed by atoms with Gasteiger partial charge in [-0.3, -0.25) is 0 Å². The molecule has 26 heavy (non-hydrogen) atoms. The lowest BCUT2D eigenvalue weighted by Gasteiger charge is -2.26. The van der Waals surface area contributed by atoms with Crippen LogP contribution in [0.25, 0.3) is 0 Å². The zero-order valence-electron chi connectivity index (χ0n) is 16.4. The zero-order valence-corrected chi connectivity index (χ0v) is 16.4. The molecule has 132 valence electrons. The Morgan fingerprint density at radius 3 is 2.31 bits per heavy atom. The number of hydrogen-bond acceptors (Lipinski definition) is 1. The summed E-state index contributed by atoms with van der Waals surface area (Å²) in [7, 11) is 0. The van der Waals surface area contributed by atoms with Gasteiger partial charge < -0.3 is 5.32 Å². The highest BCUT2D eigenvalue weighted by Crippen LogP contribution is 2.44. The summed E-state index contributed by atoms with van der Waals surface area (Å²) < 4.78 is 0. The van der Waals surface area contributed by atoms with Gasteiger partial charge in [0, 0.05) is 18.2 Å². The summed E-state index contributed by atoms with van der Waals surface area (Å²) in [5.41, 5.74) is 13.9. The summed E-state index contributed by atoms with van der Waals surface area (Å²) in [6.07, 6.45) is 0. The van der Waals surface area contributed by atoms with Gasteiger partial charge in [0.15, 0.2) is 0 Å². The van der Waals surface area contributed by atoms with Crippen LogP contribution in [-0.2, 0) is 6.54 Å². The van der Waals surface area contributed by atoms with E-state index in [1.54, 1.807) is 0 Å². The Kier molecular flexibility index (Phi) is 4.11. The van der Waals surface area contributed by atoms with Crippen molar-refractivity contribution < 1.29 is 0 Å². The molecule has 0 fully saturated rings. The number of aryl methyl sites for hydroxylation is 3. The van der Waals surface area contributed by atoms with E-state index in [2.05, 4.69) is 88.5 Å². The second kappa shape index (κ2) is 6.32. The van der Waals surface area contributed by atoms with Crippen LogP contribution in [0.15, 0.2) is 48.5 Å². The number of rotatable bonds is 1. The zero-order chi connectivity index (χ0) is 18.4. The molecule has 0 spiro atoms. The first-order valence-electron chi connectivity index (χ1n) is 9.47. The maximum Gasteiger partial charge on any atom is 0.0404 e. The second-order valence-corrected chi connectivity index (χ2v) is 7.75. The number of benzene rings is 3. The highest BCUT2D eigenvalue weighted by atomic mass is 14.9. The lowest BCUT2D eigenvalue weighted by Crippen LogP contribution is -2.10. The minimum absolute atomic E-state index is 0.274. The first-order chi connectivity index (χ1) is 12.5. The van der Waals surface area contributed by atoms with E-state index in [1.807, 2.05) is 0 Å². The predicted octanol–water partition coefficient (Wildman–Crippen LogP) is 6.33. The van der Waals surface area contributed by atoms with E-state index in [1.165, 1.54) is 55.8 Å². The molecule has 0 aliphatic carbocycles. The van der Waals surface area contributed by atoms with Crippen molar-refractivity contribution in [2.24, 2.45) is 0 Å². The normalized spacial score (nSPS) is 15.7. The van der Waals surface area contributed by atoms with Gasteiger partial charge in [0.1, 0.15) is 0 Å². The molecule has 4 rings (SSSR count). The van der Waals surface area contributed by atoms with Crippen molar-refractivity contribution in [2.45, 2.75) is 47.1 Å². The van der Waals surface area contributed by atoms with Gasteiger partial charge in [-0.05, 0) is 85.2 Å². The summed E-state index contributed by atoms with van der Waals surface area (Å²) in [6, 6.07) is 18.1. The van der Waals surface area contributed by atoms with Crippen molar-refractivity contribution in [2.75, 3.05) is 5.32 Å². The molecule has 3 aromatic rings. The van der Waals surface area contributed by atoms with Crippen molar-refractivity contribution in [1.82, 2.24) is 0 Å². The molecule has 1 N–H and O–H groups in total. The topological polar surface area (TPSA) is 12.0 Å². The molecule has 1 heterocycles. The second-order valence-electron chi connectivity index (χ2n) is 7.75. The Hall–Kier alpha value is -2.54. The molecule has 0 radical (unpaired) electrons. The van der Waals surface area contributed by atoms with Crippen LogP contribution < -0.4 is 5.32 Å². The fourth-order valence-electron chi connectivity index (χ4n) is 4.40. The molecule has 0 aromatic heterocycles. The van der Waals surface area contributed by atoms with Crippen molar-refractivity contribution >= 4 is 5.69 Å². The average Bonchev–Trinajstić information content (AvgIpc) is 2.77. The Labute approximate surface area is 157 Å². The van der Waals surface area contributed by atoms with Gasteiger partial charge in [-0.25, -0.2) is 0 Å². The maximum absolute atomic E-state index is 3.70. The molecule has 1 aliphatic rings. The van der Waals surface area contributed by atoms with E-state index in [-0.39, 0.29) is 5.92 Å². The molecular weight excluding hydrogens is 314 g/mol. The van der Waals surface area contributed by atoms with Gasteiger partial charge in [0.25, 0.3) is 0 Å². The number of anilines is 1. The highest BCUT2D eigenvalue weighted by molar-refractivity contribution is 5.66. The molecule has 0 saturated carbocycles. The van der Waals surface area contributed by atoms with Crippen molar-refractivity contribution in [3.05, 3.63) is 98.6 Å². The Morgan fingerprint density at radius 2 is 1.54 bits per heavy atom. The Balaban J connectivity index is 2.10. The SMILES string of the molecule is Cc1ccc2c(c1)C(c1ccccc1C)c1c(cc(C)c(C)c1C)CN2. The van der Waals surface area contributed by atoms with Gasteiger partial charge in [0.2, 0.25) is 0 Å². The smallest absolute Gasteiger partial charge is 0.0404 e. The highest BCUT2D eigenvalue weighted by Gasteiger charge is 2.28. The minimum Gasteiger partial charge on any atom is -0.381 e. The molecule has 1 nitrogen and oxygen atoms in total. The summed E-state index contributed by atoms with van der Waals surface area (Å²) in [5.74, 6) is 0.274. The molecule has 1 unspecified atom stereocenters. The van der Waals surface area contributed by atoms with Crippen LogP contribution in [0, 0.1) is 34.6 Å². The maximum atomic E-state index is 3.70. The molecule has 0 saturated heterocycles. The average molecular weight is 341 g/mol. The monoisotopic (exact) mass is 341 g/mol. The summed E-state index contributed by atoms with van der Waals surface area (Å²) >= 11 is 0. The molecule has 1 aliphatic heterocycles. The summed E-state index contributed by atoms with van der Waals surface area (Å²) in [5, 5.41) is 3.70. The molecule has 1 atom stereocenters.